The molecule has 0 aromatic carbocycles. The number of aromatic nitrogens is 4. The van der Waals surface area contributed by atoms with Gasteiger partial charge in [-0.15, -0.1) is 5.10 Å². The molecule has 2 aliphatic rings. The number of nitrogens with one attached hydrogen (secondary N) is 2. The van der Waals surface area contributed by atoms with Gasteiger partial charge in [0.15, 0.2) is 5.82 Å². The number of fused-ring (bicyclic) bond motifs is 1. The summed E-state index contributed by atoms with van der Waals surface area (Å²) in [7, 11) is 0. The van der Waals surface area contributed by atoms with Gasteiger partial charge in [-0.05, 0) is 44.4 Å². The predicted molar refractivity (Wildman–Crippen MR) is 81.1 cm³/mol. The predicted octanol–water partition coefficient (Wildman–Crippen LogP) is 1.36. The summed E-state index contributed by atoms with van der Waals surface area (Å²) in [4.78, 5) is 11.2. The third-order valence-corrected chi connectivity index (χ3v) is 4.54. The zero-order valence-corrected chi connectivity index (χ0v) is 12.2. The Morgan fingerprint density at radius 3 is 3.05 bits per heavy atom. The van der Waals surface area contributed by atoms with Crippen LogP contribution in [0, 0.1) is 12.8 Å². The van der Waals surface area contributed by atoms with Crippen LogP contribution in [-0.4, -0.2) is 45.8 Å². The Morgan fingerprint density at radius 2 is 2.24 bits per heavy atom. The van der Waals surface area contributed by atoms with E-state index in [-0.39, 0.29) is 0 Å². The second kappa shape index (κ2) is 5.11. The first-order chi connectivity index (χ1) is 10.3. The summed E-state index contributed by atoms with van der Waals surface area (Å²) in [5, 5.41) is 11.0. The maximum absolute atomic E-state index is 4.64. The molecule has 6 heteroatoms. The molecule has 6 nitrogen and oxygen atoms in total. The van der Waals surface area contributed by atoms with E-state index in [1.807, 2.05) is 25.3 Å². The average molecular weight is 284 g/mol. The van der Waals surface area contributed by atoms with Gasteiger partial charge in [0, 0.05) is 36.6 Å². The lowest BCUT2D eigenvalue weighted by molar-refractivity contribution is 0.340. The second-order valence-electron chi connectivity index (χ2n) is 6.04. The molecule has 0 radical (unpaired) electrons. The van der Waals surface area contributed by atoms with E-state index in [0.717, 1.165) is 48.6 Å². The van der Waals surface area contributed by atoms with Crippen LogP contribution in [0.15, 0.2) is 18.3 Å². The SMILES string of the molecule is Cc1ccc(-c2nc(N3CC4CCCNC4C3)n[nH]2)cn1. The maximum atomic E-state index is 4.64. The van der Waals surface area contributed by atoms with Crippen molar-refractivity contribution in [3.63, 3.8) is 0 Å². The Hall–Kier alpha value is -1.95. The Morgan fingerprint density at radius 1 is 1.29 bits per heavy atom. The van der Waals surface area contributed by atoms with Crippen molar-refractivity contribution < 1.29 is 0 Å². The highest BCUT2D eigenvalue weighted by molar-refractivity contribution is 5.55. The van der Waals surface area contributed by atoms with Gasteiger partial charge in [0.25, 0.3) is 0 Å². The van der Waals surface area contributed by atoms with E-state index in [9.17, 15) is 0 Å². The molecule has 2 saturated heterocycles. The van der Waals surface area contributed by atoms with Crippen molar-refractivity contribution in [1.29, 1.82) is 0 Å². The van der Waals surface area contributed by atoms with E-state index in [1.165, 1.54) is 12.8 Å². The van der Waals surface area contributed by atoms with Crippen LogP contribution >= 0.6 is 0 Å². The number of H-pyrrole nitrogens is 1. The molecule has 4 rings (SSSR count). The third kappa shape index (κ3) is 2.40. The van der Waals surface area contributed by atoms with E-state index in [4.69, 9.17) is 0 Å². The highest BCUT2D eigenvalue weighted by atomic mass is 15.4. The van der Waals surface area contributed by atoms with Gasteiger partial charge < -0.3 is 10.2 Å². The fourth-order valence-electron chi connectivity index (χ4n) is 3.34. The van der Waals surface area contributed by atoms with Crippen molar-refractivity contribution in [3.8, 4) is 11.4 Å². The van der Waals surface area contributed by atoms with Gasteiger partial charge >= 0.3 is 0 Å². The monoisotopic (exact) mass is 284 g/mol. The summed E-state index contributed by atoms with van der Waals surface area (Å²) in [5.74, 6) is 2.34. The molecule has 21 heavy (non-hydrogen) atoms. The Bertz CT molecular complexity index is 605. The van der Waals surface area contributed by atoms with Crippen LogP contribution in [0.1, 0.15) is 18.5 Å². The second-order valence-corrected chi connectivity index (χ2v) is 6.04. The summed E-state index contributed by atoms with van der Waals surface area (Å²) in [6, 6.07) is 4.62. The van der Waals surface area contributed by atoms with Crippen LogP contribution in [0.4, 0.5) is 5.95 Å². The van der Waals surface area contributed by atoms with Crippen molar-refractivity contribution in [2.75, 3.05) is 24.5 Å². The zero-order chi connectivity index (χ0) is 14.2. The van der Waals surface area contributed by atoms with E-state index in [1.54, 1.807) is 0 Å². The number of anilines is 1. The molecule has 2 aromatic rings. The number of rotatable bonds is 2. The van der Waals surface area contributed by atoms with E-state index >= 15 is 0 Å². The number of pyridine rings is 1. The lowest BCUT2D eigenvalue weighted by Crippen LogP contribution is -2.40. The first-order valence-corrected chi connectivity index (χ1v) is 7.63. The van der Waals surface area contributed by atoms with Gasteiger partial charge in [-0.1, -0.05) is 0 Å². The van der Waals surface area contributed by atoms with Crippen LogP contribution in [0.25, 0.3) is 11.4 Å². The molecule has 4 heterocycles. The summed E-state index contributed by atoms with van der Waals surface area (Å²) >= 11 is 0. The average Bonchev–Trinajstić information content (AvgIpc) is 3.14. The van der Waals surface area contributed by atoms with Gasteiger partial charge in [-0.3, -0.25) is 10.1 Å². The van der Waals surface area contributed by atoms with Crippen LogP contribution < -0.4 is 10.2 Å². The molecular weight excluding hydrogens is 264 g/mol. The summed E-state index contributed by atoms with van der Waals surface area (Å²) in [6.45, 7) is 5.19. The minimum absolute atomic E-state index is 0.599. The number of hydrogen-bond acceptors (Lipinski definition) is 5. The van der Waals surface area contributed by atoms with Gasteiger partial charge in [0.1, 0.15) is 0 Å². The molecule has 0 saturated carbocycles. The Kier molecular flexibility index (Phi) is 3.11. The quantitative estimate of drug-likeness (QED) is 0.871. The summed E-state index contributed by atoms with van der Waals surface area (Å²) < 4.78 is 0. The van der Waals surface area contributed by atoms with Crippen molar-refractivity contribution >= 4 is 5.95 Å². The van der Waals surface area contributed by atoms with Crippen LogP contribution in [0.2, 0.25) is 0 Å². The minimum Gasteiger partial charge on any atom is -0.338 e. The number of nitrogens with zero attached hydrogens (tertiary/aromatic N) is 4. The number of aryl methyl sites for hydroxylation is 1. The first-order valence-electron chi connectivity index (χ1n) is 7.63. The molecule has 2 N–H and O–H groups in total. The number of aromatic amines is 1. The minimum atomic E-state index is 0.599. The molecular formula is C15H20N6. The molecule has 0 spiro atoms. The molecule has 0 bridgehead atoms. The highest BCUT2D eigenvalue weighted by Crippen LogP contribution is 2.28. The molecule has 2 atom stereocenters. The molecule has 2 aromatic heterocycles. The van der Waals surface area contributed by atoms with E-state index in [0.29, 0.717) is 6.04 Å². The third-order valence-electron chi connectivity index (χ3n) is 4.54. The lowest BCUT2D eigenvalue weighted by Gasteiger charge is -2.24. The number of hydrogen-bond donors (Lipinski definition) is 2. The maximum Gasteiger partial charge on any atom is 0.245 e. The fourth-order valence-corrected chi connectivity index (χ4v) is 3.34. The van der Waals surface area contributed by atoms with Gasteiger partial charge in [-0.25, -0.2) is 0 Å². The van der Waals surface area contributed by atoms with E-state index in [2.05, 4.69) is 30.4 Å². The smallest absolute Gasteiger partial charge is 0.245 e. The lowest BCUT2D eigenvalue weighted by atomic mass is 9.94. The molecule has 0 aliphatic carbocycles. The van der Waals surface area contributed by atoms with Gasteiger partial charge in [0.05, 0.1) is 0 Å². The molecule has 2 unspecified atom stereocenters. The van der Waals surface area contributed by atoms with Crippen LogP contribution in [0.3, 0.4) is 0 Å². The first kappa shape index (κ1) is 12.8. The topological polar surface area (TPSA) is 69.7 Å². The van der Waals surface area contributed by atoms with Gasteiger partial charge in [0.2, 0.25) is 5.95 Å². The zero-order valence-electron chi connectivity index (χ0n) is 12.2. The standard InChI is InChI=1S/C15H20N6/c1-10-4-5-11(7-17-10)14-18-15(20-19-14)21-8-12-3-2-6-16-13(12)9-21/h4-5,7,12-13,16H,2-3,6,8-9H2,1H3,(H,18,19,20). The summed E-state index contributed by atoms with van der Waals surface area (Å²) in [6.07, 6.45) is 4.43. The van der Waals surface area contributed by atoms with Crippen LogP contribution in [-0.2, 0) is 0 Å². The Balaban J connectivity index is 1.53. The molecule has 0 amide bonds. The highest BCUT2D eigenvalue weighted by Gasteiger charge is 2.35. The molecule has 110 valence electrons. The van der Waals surface area contributed by atoms with Crippen molar-refractivity contribution in [1.82, 2.24) is 25.5 Å². The molecule has 2 fully saturated rings. The summed E-state index contributed by atoms with van der Waals surface area (Å²) in [5.41, 5.74) is 1.99. The fraction of sp³-hybridized carbons (Fsp3) is 0.533. The van der Waals surface area contributed by atoms with Crippen LogP contribution in [0.5, 0.6) is 0 Å². The van der Waals surface area contributed by atoms with Crippen molar-refractivity contribution in [3.05, 3.63) is 24.0 Å². The molecule has 2 aliphatic heterocycles. The van der Waals surface area contributed by atoms with Gasteiger partial charge in [-0.2, -0.15) is 4.98 Å². The van der Waals surface area contributed by atoms with E-state index < -0.39 is 0 Å². The number of piperidine rings is 1. The van der Waals surface area contributed by atoms with Crippen molar-refractivity contribution in [2.24, 2.45) is 5.92 Å². The normalized spacial score (nSPS) is 25.1. The largest absolute Gasteiger partial charge is 0.338 e. The van der Waals surface area contributed by atoms with Crippen molar-refractivity contribution in [2.45, 2.75) is 25.8 Å². The Labute approximate surface area is 124 Å².